The molecule has 170 valence electrons. The van der Waals surface area contributed by atoms with Gasteiger partial charge in [0, 0.05) is 0 Å². The molecule has 1 unspecified atom stereocenters. The summed E-state index contributed by atoms with van der Waals surface area (Å²) in [6, 6.07) is 18.9. The molecule has 3 rings (SSSR count). The van der Waals surface area contributed by atoms with Gasteiger partial charge in [0.1, 0.15) is 29.8 Å². The lowest BCUT2D eigenvalue weighted by atomic mass is 10.1. The molecule has 0 N–H and O–H groups in total. The molecule has 4 nitrogen and oxygen atoms in total. The third kappa shape index (κ3) is 6.88. The monoisotopic (exact) mass is 450 g/mol. The molecule has 0 aromatic heterocycles. The van der Waals surface area contributed by atoms with Crippen molar-refractivity contribution in [2.24, 2.45) is 5.92 Å². The van der Waals surface area contributed by atoms with Crippen molar-refractivity contribution in [3.63, 3.8) is 0 Å². The first-order valence-electron chi connectivity index (χ1n) is 9.78. The van der Waals surface area contributed by atoms with Crippen LogP contribution in [0.15, 0.2) is 72.8 Å². The molecule has 0 aliphatic rings. The highest BCUT2D eigenvalue weighted by Gasteiger charge is 2.40. The van der Waals surface area contributed by atoms with Crippen LogP contribution in [-0.4, -0.2) is 26.5 Å². The summed E-state index contributed by atoms with van der Waals surface area (Å²) in [5.41, 5.74) is 0.481. The zero-order chi connectivity index (χ0) is 23.0. The van der Waals surface area contributed by atoms with Crippen LogP contribution in [-0.2, 0) is 11.3 Å². The summed E-state index contributed by atoms with van der Waals surface area (Å²) in [5.74, 6) is -1.14. The Balaban J connectivity index is 1.56. The van der Waals surface area contributed by atoms with Gasteiger partial charge in [-0.25, -0.2) is 4.39 Å². The Bertz CT molecular complexity index is 976. The van der Waals surface area contributed by atoms with Crippen LogP contribution in [0.25, 0.3) is 0 Å². The molecule has 0 fully saturated rings. The predicted octanol–water partition coefficient (Wildman–Crippen LogP) is 6.40. The zero-order valence-electron chi connectivity index (χ0n) is 17.3. The van der Waals surface area contributed by atoms with E-state index in [-0.39, 0.29) is 12.4 Å². The van der Waals surface area contributed by atoms with Gasteiger partial charge < -0.3 is 18.9 Å². The minimum Gasteiger partial charge on any atom is -0.497 e. The van der Waals surface area contributed by atoms with Crippen LogP contribution in [0, 0.1) is 11.7 Å². The maximum absolute atomic E-state index is 14.0. The lowest BCUT2D eigenvalue weighted by molar-refractivity contribution is -0.196. The largest absolute Gasteiger partial charge is 0.497 e. The van der Waals surface area contributed by atoms with Gasteiger partial charge in [0.2, 0.25) is 0 Å². The van der Waals surface area contributed by atoms with Crippen molar-refractivity contribution in [1.82, 2.24) is 0 Å². The van der Waals surface area contributed by atoms with Crippen LogP contribution in [0.2, 0.25) is 0 Å². The molecule has 32 heavy (non-hydrogen) atoms. The molecule has 3 aromatic rings. The second-order valence-corrected chi connectivity index (χ2v) is 6.92. The topological polar surface area (TPSA) is 36.9 Å². The van der Waals surface area contributed by atoms with E-state index in [2.05, 4.69) is 0 Å². The molecule has 3 aromatic carbocycles. The fraction of sp³-hybridized carbons (Fsp3) is 0.250. The standard InChI is InChI=1S/C24H22F4O4/c1-29-19-8-10-20(11-9-19)31-16-18(24(26,27)28)15-30-14-17-7-12-22(25)23(13-17)32-21-5-3-2-4-6-21/h2-13,18H,14-16H2,1H3. The quantitative estimate of drug-likeness (QED) is 0.335. The van der Waals surface area contributed by atoms with Crippen molar-refractivity contribution in [3.8, 4) is 23.0 Å². The van der Waals surface area contributed by atoms with Gasteiger partial charge in [0.25, 0.3) is 0 Å². The summed E-state index contributed by atoms with van der Waals surface area (Å²) in [5, 5.41) is 0. The molecule has 1 atom stereocenters. The number of rotatable bonds is 10. The number of ether oxygens (including phenoxy) is 4. The molecule has 0 radical (unpaired) electrons. The maximum Gasteiger partial charge on any atom is 0.397 e. The number of hydrogen-bond donors (Lipinski definition) is 0. The Morgan fingerprint density at radius 1 is 0.812 bits per heavy atom. The molecular weight excluding hydrogens is 428 g/mol. The van der Waals surface area contributed by atoms with E-state index in [1.165, 1.54) is 37.4 Å². The lowest BCUT2D eigenvalue weighted by Gasteiger charge is -2.21. The van der Waals surface area contributed by atoms with E-state index in [0.717, 1.165) is 0 Å². The molecular formula is C24H22F4O4. The Labute approximate surface area is 183 Å². The normalized spacial score (nSPS) is 12.3. The molecule has 0 aliphatic heterocycles. The highest BCUT2D eigenvalue weighted by atomic mass is 19.4. The average molecular weight is 450 g/mol. The molecule has 0 spiro atoms. The minimum atomic E-state index is -4.50. The molecule has 0 saturated heterocycles. The van der Waals surface area contributed by atoms with E-state index in [0.29, 0.717) is 22.8 Å². The summed E-state index contributed by atoms with van der Waals surface area (Å²) in [4.78, 5) is 0. The predicted molar refractivity (Wildman–Crippen MR) is 111 cm³/mol. The second kappa shape index (κ2) is 10.9. The fourth-order valence-electron chi connectivity index (χ4n) is 2.76. The summed E-state index contributed by atoms with van der Waals surface area (Å²) >= 11 is 0. The number of alkyl halides is 3. The van der Waals surface area contributed by atoms with Gasteiger partial charge in [-0.1, -0.05) is 24.3 Å². The number of halogens is 4. The highest BCUT2D eigenvalue weighted by molar-refractivity contribution is 5.35. The van der Waals surface area contributed by atoms with Crippen LogP contribution in [0.4, 0.5) is 17.6 Å². The van der Waals surface area contributed by atoms with Crippen LogP contribution in [0.3, 0.4) is 0 Å². The molecule has 0 heterocycles. The lowest BCUT2D eigenvalue weighted by Crippen LogP contribution is -2.32. The van der Waals surface area contributed by atoms with Crippen LogP contribution < -0.4 is 14.2 Å². The first-order valence-corrected chi connectivity index (χ1v) is 9.78. The Hall–Kier alpha value is -3.26. The van der Waals surface area contributed by atoms with Gasteiger partial charge >= 0.3 is 6.18 Å². The first kappa shape index (κ1) is 23.4. The average Bonchev–Trinajstić information content (AvgIpc) is 2.78. The van der Waals surface area contributed by atoms with E-state index in [9.17, 15) is 17.6 Å². The highest BCUT2D eigenvalue weighted by Crippen LogP contribution is 2.29. The third-order valence-electron chi connectivity index (χ3n) is 4.53. The summed E-state index contributed by atoms with van der Waals surface area (Å²) in [6.07, 6.45) is -4.50. The van der Waals surface area contributed by atoms with Gasteiger partial charge in [-0.15, -0.1) is 0 Å². The van der Waals surface area contributed by atoms with Crippen molar-refractivity contribution in [1.29, 1.82) is 0 Å². The van der Waals surface area contributed by atoms with E-state index < -0.39 is 31.1 Å². The van der Waals surface area contributed by atoms with Crippen LogP contribution >= 0.6 is 0 Å². The van der Waals surface area contributed by atoms with Crippen molar-refractivity contribution in [3.05, 3.63) is 84.2 Å². The number of methoxy groups -OCH3 is 1. The van der Waals surface area contributed by atoms with Crippen molar-refractivity contribution in [2.75, 3.05) is 20.3 Å². The third-order valence-corrected chi connectivity index (χ3v) is 4.53. The van der Waals surface area contributed by atoms with Gasteiger partial charge in [-0.3, -0.25) is 0 Å². The molecule has 0 amide bonds. The second-order valence-electron chi connectivity index (χ2n) is 6.92. The van der Waals surface area contributed by atoms with Crippen molar-refractivity contribution in [2.45, 2.75) is 12.8 Å². The SMILES string of the molecule is COc1ccc(OCC(COCc2ccc(F)c(Oc3ccccc3)c2)C(F)(F)F)cc1. The fourth-order valence-corrected chi connectivity index (χ4v) is 2.76. The van der Waals surface area contributed by atoms with E-state index in [1.54, 1.807) is 42.5 Å². The number of hydrogen-bond acceptors (Lipinski definition) is 4. The molecule has 0 aliphatic carbocycles. The summed E-state index contributed by atoms with van der Waals surface area (Å²) < 4.78 is 75.2. The summed E-state index contributed by atoms with van der Waals surface area (Å²) in [6.45, 7) is -1.34. The van der Waals surface area contributed by atoms with Gasteiger partial charge in [-0.05, 0) is 54.1 Å². The summed E-state index contributed by atoms with van der Waals surface area (Å²) in [7, 11) is 1.49. The van der Waals surface area contributed by atoms with Crippen molar-refractivity contribution < 1.29 is 36.5 Å². The van der Waals surface area contributed by atoms with Crippen LogP contribution in [0.1, 0.15) is 5.56 Å². The molecule has 0 saturated carbocycles. The smallest absolute Gasteiger partial charge is 0.397 e. The first-order chi connectivity index (χ1) is 15.3. The van der Waals surface area contributed by atoms with Gasteiger partial charge in [-0.2, -0.15) is 13.2 Å². The van der Waals surface area contributed by atoms with E-state index in [4.69, 9.17) is 18.9 Å². The van der Waals surface area contributed by atoms with Crippen LogP contribution in [0.5, 0.6) is 23.0 Å². The Morgan fingerprint density at radius 2 is 1.50 bits per heavy atom. The number of benzene rings is 3. The van der Waals surface area contributed by atoms with E-state index >= 15 is 0 Å². The minimum absolute atomic E-state index is 0.0347. The molecule has 0 bridgehead atoms. The Morgan fingerprint density at radius 3 is 2.16 bits per heavy atom. The molecule has 8 heteroatoms. The van der Waals surface area contributed by atoms with Gasteiger partial charge in [0.15, 0.2) is 11.6 Å². The van der Waals surface area contributed by atoms with Gasteiger partial charge in [0.05, 0.1) is 20.3 Å². The van der Waals surface area contributed by atoms with E-state index in [1.807, 2.05) is 0 Å². The van der Waals surface area contributed by atoms with Crippen molar-refractivity contribution >= 4 is 0 Å². The Kier molecular flexibility index (Phi) is 7.94. The zero-order valence-corrected chi connectivity index (χ0v) is 17.3. The number of para-hydroxylation sites is 1. The maximum atomic E-state index is 14.0.